The molecule has 0 aliphatic heterocycles. The summed E-state index contributed by atoms with van der Waals surface area (Å²) in [7, 11) is -3.65. The first-order valence-electron chi connectivity index (χ1n) is 5.61. The number of nitrogens with one attached hydrogen (secondary N) is 1. The highest BCUT2D eigenvalue weighted by Gasteiger charge is 2.37. The third kappa shape index (κ3) is 3.28. The van der Waals surface area contributed by atoms with E-state index in [1.807, 2.05) is 6.92 Å². The number of thiophene rings is 1. The average molecular weight is 368 g/mol. The van der Waals surface area contributed by atoms with E-state index < -0.39 is 16.1 Å². The van der Waals surface area contributed by atoms with Crippen molar-refractivity contribution in [2.24, 2.45) is 16.8 Å². The molecule has 0 saturated heterocycles. The zero-order chi connectivity index (χ0) is 14.2. The van der Waals surface area contributed by atoms with Crippen molar-refractivity contribution >= 4 is 43.1 Å². The molecular formula is C10H14BrN3O3S2. The Morgan fingerprint density at radius 3 is 2.74 bits per heavy atom. The summed E-state index contributed by atoms with van der Waals surface area (Å²) in [6.45, 7) is 1.82. The number of hydrogen-bond acceptors (Lipinski definition) is 5. The fourth-order valence-electron chi connectivity index (χ4n) is 1.68. The van der Waals surface area contributed by atoms with E-state index in [1.54, 1.807) is 6.07 Å². The van der Waals surface area contributed by atoms with Crippen LogP contribution in [0.3, 0.4) is 0 Å². The minimum Gasteiger partial charge on any atom is -0.409 e. The lowest BCUT2D eigenvalue weighted by Gasteiger charge is -2.15. The summed E-state index contributed by atoms with van der Waals surface area (Å²) in [6, 6.07) is 0.948. The number of aryl methyl sites for hydroxylation is 1. The van der Waals surface area contributed by atoms with Crippen LogP contribution in [0.2, 0.25) is 0 Å². The maximum absolute atomic E-state index is 12.2. The molecule has 1 fully saturated rings. The zero-order valence-corrected chi connectivity index (χ0v) is 13.3. The van der Waals surface area contributed by atoms with Crippen LogP contribution >= 0.6 is 27.3 Å². The van der Waals surface area contributed by atoms with E-state index in [-0.39, 0.29) is 16.0 Å². The highest BCUT2D eigenvalue weighted by Crippen LogP contribution is 2.35. The van der Waals surface area contributed by atoms with Crippen molar-refractivity contribution in [2.45, 2.75) is 30.0 Å². The molecule has 4 N–H and O–H groups in total. The van der Waals surface area contributed by atoms with Crippen molar-refractivity contribution < 1.29 is 13.6 Å². The molecule has 1 aromatic heterocycles. The van der Waals surface area contributed by atoms with Gasteiger partial charge in [0.2, 0.25) is 0 Å². The fourth-order valence-corrected chi connectivity index (χ4v) is 5.20. The van der Waals surface area contributed by atoms with Gasteiger partial charge in [-0.15, -0.1) is 11.3 Å². The van der Waals surface area contributed by atoms with E-state index in [1.165, 1.54) is 0 Å². The lowest BCUT2D eigenvalue weighted by molar-refractivity contribution is 0.314. The Bertz CT molecular complexity index is 588. The van der Waals surface area contributed by atoms with Crippen LogP contribution in [0, 0.1) is 12.8 Å². The van der Waals surface area contributed by atoms with Gasteiger partial charge in [0.15, 0.2) is 5.84 Å². The number of rotatable bonds is 5. The Kier molecular flexibility index (Phi) is 4.19. The maximum atomic E-state index is 12.2. The summed E-state index contributed by atoms with van der Waals surface area (Å²) < 4.78 is 28.0. The van der Waals surface area contributed by atoms with Crippen molar-refractivity contribution in [1.82, 2.24) is 4.72 Å². The number of nitrogens with two attached hydrogens (primary N) is 1. The van der Waals surface area contributed by atoms with Crippen LogP contribution < -0.4 is 10.5 Å². The molecule has 9 heteroatoms. The molecule has 1 aliphatic rings. The summed E-state index contributed by atoms with van der Waals surface area (Å²) in [5.41, 5.74) is 6.40. The van der Waals surface area contributed by atoms with Gasteiger partial charge in [-0.2, -0.15) is 4.72 Å². The fraction of sp³-hybridized carbons (Fsp3) is 0.500. The second-order valence-corrected chi connectivity index (χ2v) is 8.79. The van der Waals surface area contributed by atoms with E-state index in [4.69, 9.17) is 10.9 Å². The van der Waals surface area contributed by atoms with Crippen molar-refractivity contribution in [3.05, 3.63) is 15.4 Å². The molecule has 0 amide bonds. The third-order valence-corrected chi connectivity index (χ3v) is 6.96. The molecule has 0 aromatic carbocycles. The van der Waals surface area contributed by atoms with E-state index in [9.17, 15) is 8.42 Å². The van der Waals surface area contributed by atoms with Crippen molar-refractivity contribution in [3.8, 4) is 0 Å². The number of oxime groups is 1. The molecule has 0 spiro atoms. The van der Waals surface area contributed by atoms with Crippen LogP contribution in [0.25, 0.3) is 0 Å². The number of hydrogen-bond donors (Lipinski definition) is 3. The van der Waals surface area contributed by atoms with Crippen molar-refractivity contribution in [1.29, 1.82) is 0 Å². The lowest BCUT2D eigenvalue weighted by Crippen LogP contribution is -2.45. The number of halogens is 1. The van der Waals surface area contributed by atoms with Gasteiger partial charge in [-0.3, -0.25) is 0 Å². The highest BCUT2D eigenvalue weighted by atomic mass is 79.9. The van der Waals surface area contributed by atoms with E-state index >= 15 is 0 Å². The van der Waals surface area contributed by atoms with Gasteiger partial charge in [-0.05, 0) is 53.2 Å². The Morgan fingerprint density at radius 1 is 1.68 bits per heavy atom. The first-order chi connectivity index (χ1) is 8.85. The quantitative estimate of drug-likeness (QED) is 0.318. The minimum atomic E-state index is -3.65. The van der Waals surface area contributed by atoms with Crippen LogP contribution in [0.5, 0.6) is 0 Å². The highest BCUT2D eigenvalue weighted by molar-refractivity contribution is 9.11. The second-order valence-electron chi connectivity index (χ2n) is 4.48. The van der Waals surface area contributed by atoms with Gasteiger partial charge in [-0.25, -0.2) is 8.42 Å². The van der Waals surface area contributed by atoms with Gasteiger partial charge in [0, 0.05) is 0 Å². The lowest BCUT2D eigenvalue weighted by atomic mass is 10.2. The Morgan fingerprint density at radius 2 is 2.32 bits per heavy atom. The Labute approximate surface area is 123 Å². The summed E-state index contributed by atoms with van der Waals surface area (Å²) in [5, 5.41) is 11.6. The molecule has 1 unspecified atom stereocenters. The summed E-state index contributed by atoms with van der Waals surface area (Å²) >= 11 is 4.43. The second kappa shape index (κ2) is 5.39. The first kappa shape index (κ1) is 14.8. The van der Waals surface area contributed by atoms with Gasteiger partial charge in [0.05, 0.1) is 9.83 Å². The molecule has 106 valence electrons. The largest absolute Gasteiger partial charge is 0.409 e. The van der Waals surface area contributed by atoms with Gasteiger partial charge in [0.1, 0.15) is 4.21 Å². The molecule has 19 heavy (non-hydrogen) atoms. The molecule has 1 aromatic rings. The minimum absolute atomic E-state index is 0.0987. The van der Waals surface area contributed by atoms with E-state index in [2.05, 4.69) is 25.8 Å². The van der Waals surface area contributed by atoms with Crippen molar-refractivity contribution in [3.63, 3.8) is 0 Å². The Hall–Kier alpha value is -0.640. The number of amidine groups is 1. The molecule has 0 radical (unpaired) electrons. The molecule has 2 rings (SSSR count). The number of nitrogens with zero attached hydrogens (tertiary/aromatic N) is 1. The topological polar surface area (TPSA) is 105 Å². The maximum Gasteiger partial charge on any atom is 0.250 e. The van der Waals surface area contributed by atoms with Crippen molar-refractivity contribution in [2.75, 3.05) is 0 Å². The average Bonchev–Trinajstić information content (AvgIpc) is 3.13. The molecule has 1 aliphatic carbocycles. The van der Waals surface area contributed by atoms with Crippen LogP contribution in [0.1, 0.15) is 18.4 Å². The summed E-state index contributed by atoms with van der Waals surface area (Å²) in [6.07, 6.45) is 1.74. The number of sulfonamides is 1. The van der Waals surface area contributed by atoms with Gasteiger partial charge in [-0.1, -0.05) is 5.16 Å². The predicted molar refractivity (Wildman–Crippen MR) is 77.0 cm³/mol. The molecule has 6 nitrogen and oxygen atoms in total. The van der Waals surface area contributed by atoms with Gasteiger partial charge in [0.25, 0.3) is 10.0 Å². The van der Waals surface area contributed by atoms with Crippen LogP contribution in [0.4, 0.5) is 0 Å². The molecular weight excluding hydrogens is 354 g/mol. The molecule has 1 atom stereocenters. The third-order valence-electron chi connectivity index (χ3n) is 2.91. The Balaban J connectivity index is 2.24. The van der Waals surface area contributed by atoms with Crippen LogP contribution in [0.15, 0.2) is 19.2 Å². The van der Waals surface area contributed by atoms with Gasteiger partial charge >= 0.3 is 0 Å². The van der Waals surface area contributed by atoms with Gasteiger partial charge < -0.3 is 10.9 Å². The smallest absolute Gasteiger partial charge is 0.250 e. The normalized spacial score (nSPS) is 18.5. The molecule has 1 saturated carbocycles. The summed E-state index contributed by atoms with van der Waals surface area (Å²) in [5.74, 6) is 0.00796. The van der Waals surface area contributed by atoms with E-state index in [0.717, 1.165) is 33.5 Å². The SMILES string of the molecule is Cc1cc(S(=O)(=O)NC(C(N)=NO)C2CC2)sc1Br. The molecule has 0 bridgehead atoms. The summed E-state index contributed by atoms with van der Waals surface area (Å²) in [4.78, 5) is 0. The zero-order valence-electron chi connectivity index (χ0n) is 10.1. The van der Waals surface area contributed by atoms with Crippen LogP contribution in [-0.4, -0.2) is 25.5 Å². The standard InChI is InChI=1S/C10H14BrN3O3S2/c1-5-4-7(18-9(5)11)19(16,17)14-8(6-2-3-6)10(12)13-15/h4,6,8,14-15H,2-3H2,1H3,(H2,12,13). The molecule has 1 heterocycles. The van der Waals surface area contributed by atoms with E-state index in [0.29, 0.717) is 0 Å². The predicted octanol–water partition coefficient (Wildman–Crippen LogP) is 1.62. The monoisotopic (exact) mass is 367 g/mol. The first-order valence-corrected chi connectivity index (χ1v) is 8.70. The van der Waals surface area contributed by atoms with Crippen LogP contribution in [-0.2, 0) is 10.0 Å².